The highest BCUT2D eigenvalue weighted by atomic mass is 32.1. The first kappa shape index (κ1) is 52.2. The van der Waals surface area contributed by atoms with E-state index < -0.39 is 0 Å². The Morgan fingerprint density at radius 3 is 1.57 bits per heavy atom. The van der Waals surface area contributed by atoms with Crippen LogP contribution in [0.4, 0.5) is 28.4 Å². The Morgan fingerprint density at radius 2 is 0.952 bits per heavy atom. The smallest absolute Gasteiger partial charge is 0.343 e. The van der Waals surface area contributed by atoms with Crippen LogP contribution in [0.2, 0.25) is 0 Å². The largest absolute Gasteiger partial charge is 0.455 e. The van der Waals surface area contributed by atoms with Crippen LogP contribution in [-0.2, 0) is 27.1 Å². The predicted molar refractivity (Wildman–Crippen MR) is 364 cm³/mol. The van der Waals surface area contributed by atoms with Gasteiger partial charge in [-0.1, -0.05) is 171 Å². The zero-order valence-electron chi connectivity index (χ0n) is 50.7. The van der Waals surface area contributed by atoms with Gasteiger partial charge in [0.1, 0.15) is 11.2 Å². The minimum atomic E-state index is -0.149. The molecule has 2 aliphatic heterocycles. The Hall–Kier alpha value is -7.58. The lowest BCUT2D eigenvalue weighted by Crippen LogP contribution is -2.59. The molecule has 15 rings (SSSR count). The third-order valence-corrected chi connectivity index (χ3v) is 20.7. The molecule has 0 amide bonds. The van der Waals surface area contributed by atoms with Crippen LogP contribution < -0.4 is 20.0 Å². The maximum absolute atomic E-state index is 7.42. The summed E-state index contributed by atoms with van der Waals surface area (Å²) in [5.74, 6) is 0. The number of nitrogens with zero attached hydrogens (tertiary/aromatic N) is 3. The number of hydrogen-bond donors (Lipinski definition) is 0. The molecule has 412 valence electrons. The maximum atomic E-state index is 7.42. The van der Waals surface area contributed by atoms with Gasteiger partial charge in [0.05, 0.1) is 22.1 Å². The monoisotopic (exact) mass is 1120 g/mol. The molecule has 0 unspecified atom stereocenters. The lowest BCUT2D eigenvalue weighted by Gasteiger charge is -2.41. The first-order valence-corrected chi connectivity index (χ1v) is 31.4. The molecule has 0 saturated heterocycles. The molecule has 0 bridgehead atoms. The minimum absolute atomic E-state index is 0.00440. The van der Waals surface area contributed by atoms with Crippen LogP contribution in [0, 0.1) is 0 Å². The van der Waals surface area contributed by atoms with E-state index in [2.05, 4.69) is 282 Å². The van der Waals surface area contributed by atoms with Crippen molar-refractivity contribution in [2.45, 2.75) is 131 Å². The van der Waals surface area contributed by atoms with Crippen LogP contribution in [0.25, 0.3) is 90.8 Å². The van der Waals surface area contributed by atoms with E-state index in [1.54, 1.807) is 0 Å². The van der Waals surface area contributed by atoms with Crippen molar-refractivity contribution in [1.29, 1.82) is 0 Å². The SMILES string of the molecule is CC(C)(C)c1ccc(N2B3c4sc5ccc(C(C)(C)C)cc5c4-n4c5ccc(C(C)(C)C)cc5c5c6oc7ccccc7c6c(c3c54)-c3cc4c(cc32)sc2ccc(N(c3ccc(C(C)(C)C)cc3)c3ccc(C(C)(C)C)cc3)cc24)cc1. The van der Waals surface area contributed by atoms with E-state index in [0.717, 1.165) is 33.6 Å². The zero-order valence-corrected chi connectivity index (χ0v) is 52.4. The van der Waals surface area contributed by atoms with Gasteiger partial charge in [-0.3, -0.25) is 0 Å². The Bertz CT molecular complexity index is 4800. The van der Waals surface area contributed by atoms with E-state index in [1.807, 2.05) is 22.7 Å². The molecule has 13 aromatic rings. The Kier molecular flexibility index (Phi) is 11.0. The lowest BCUT2D eigenvalue weighted by atomic mass is 9.47. The van der Waals surface area contributed by atoms with Gasteiger partial charge in [0, 0.05) is 85.2 Å². The molecule has 0 spiro atoms. The van der Waals surface area contributed by atoms with E-state index in [9.17, 15) is 0 Å². The van der Waals surface area contributed by atoms with Crippen molar-refractivity contribution in [3.8, 4) is 16.8 Å². The highest BCUT2D eigenvalue weighted by Crippen LogP contribution is 2.55. The molecular formula is C76H72BN3OS2. The number of rotatable bonds is 4. The molecule has 4 aromatic heterocycles. The fraction of sp³-hybridized carbons (Fsp3) is 0.263. The number of hydrogen-bond acceptors (Lipinski definition) is 5. The standard InChI is InChI=1S/C76H72BN3OS2/c1-72(2,3)43-20-28-48(29-21-43)78(49-30-22-44(23-31-49)73(4,5)6)51-34-37-61-53(40-51)54-41-56-59(42-63(54)82-61)80(50-32-24-45(25-33-50)74(7,8)9)77-67-64(56)65-52-18-16-17-19-60(52)81-70(65)66-55-38-46(75(10,11)12)26-35-58(55)79(69(66)67)68-57-39-47(76(13,14)15)27-36-62(57)83-71(68)77/h16-42H,1-15H3. The highest BCUT2D eigenvalue weighted by Gasteiger charge is 2.48. The Morgan fingerprint density at radius 1 is 0.434 bits per heavy atom. The Labute approximate surface area is 497 Å². The van der Waals surface area contributed by atoms with Crippen molar-refractivity contribution in [3.63, 3.8) is 0 Å². The van der Waals surface area contributed by atoms with Gasteiger partial charge in [-0.15, -0.1) is 22.7 Å². The van der Waals surface area contributed by atoms with Crippen LogP contribution >= 0.6 is 22.7 Å². The van der Waals surface area contributed by atoms with Crippen molar-refractivity contribution in [2.75, 3.05) is 9.71 Å². The number of anilines is 5. The molecule has 9 aromatic carbocycles. The molecule has 0 N–H and O–H groups in total. The molecule has 0 saturated carbocycles. The highest BCUT2D eigenvalue weighted by molar-refractivity contribution is 7.32. The van der Waals surface area contributed by atoms with E-state index in [4.69, 9.17) is 4.42 Å². The van der Waals surface area contributed by atoms with Crippen LogP contribution in [0.5, 0.6) is 0 Å². The second kappa shape index (κ2) is 17.5. The fourth-order valence-corrected chi connectivity index (χ4v) is 16.0. The molecule has 0 radical (unpaired) electrons. The van der Waals surface area contributed by atoms with Crippen LogP contribution in [0.15, 0.2) is 168 Å². The summed E-state index contributed by atoms with van der Waals surface area (Å²) in [6, 6.07) is 63.7. The zero-order chi connectivity index (χ0) is 57.8. The van der Waals surface area contributed by atoms with Crippen molar-refractivity contribution in [3.05, 3.63) is 192 Å². The normalized spacial score (nSPS) is 13.9. The van der Waals surface area contributed by atoms with Gasteiger partial charge in [-0.25, -0.2) is 0 Å². The molecule has 6 heterocycles. The summed E-state index contributed by atoms with van der Waals surface area (Å²) in [6.45, 7) is 34.6. The summed E-state index contributed by atoms with van der Waals surface area (Å²) in [7, 11) is 0. The molecule has 7 heteroatoms. The van der Waals surface area contributed by atoms with E-state index in [0.29, 0.717) is 0 Å². The summed E-state index contributed by atoms with van der Waals surface area (Å²) in [5.41, 5.74) is 21.9. The maximum Gasteiger partial charge on any atom is 0.343 e. The predicted octanol–water partition coefficient (Wildman–Crippen LogP) is 21.5. The number of benzene rings is 9. The minimum Gasteiger partial charge on any atom is -0.455 e. The van der Waals surface area contributed by atoms with Gasteiger partial charge >= 0.3 is 6.85 Å². The third-order valence-electron chi connectivity index (χ3n) is 18.3. The quantitative estimate of drug-likeness (QED) is 0.164. The molecular weight excluding hydrogens is 1050 g/mol. The van der Waals surface area contributed by atoms with Gasteiger partial charge in [-0.05, 0) is 163 Å². The second-order valence-electron chi connectivity index (χ2n) is 29.1. The number of furan rings is 1. The summed E-state index contributed by atoms with van der Waals surface area (Å²) in [6.07, 6.45) is 0. The van der Waals surface area contributed by atoms with E-state index in [-0.39, 0.29) is 33.9 Å². The van der Waals surface area contributed by atoms with Crippen LogP contribution in [-0.4, -0.2) is 11.4 Å². The Balaban J connectivity index is 1.07. The molecule has 0 atom stereocenters. The topological polar surface area (TPSA) is 24.6 Å². The second-order valence-corrected chi connectivity index (χ2v) is 31.2. The van der Waals surface area contributed by atoms with Crippen LogP contribution in [0.3, 0.4) is 0 Å². The van der Waals surface area contributed by atoms with Gasteiger partial charge in [0.25, 0.3) is 0 Å². The third kappa shape index (κ3) is 7.89. The molecule has 4 nitrogen and oxygen atoms in total. The van der Waals surface area contributed by atoms with Crippen molar-refractivity contribution < 1.29 is 4.42 Å². The molecule has 0 aliphatic carbocycles. The lowest BCUT2D eigenvalue weighted by molar-refractivity contribution is 0.590. The molecule has 0 fully saturated rings. The first-order chi connectivity index (χ1) is 39.3. The van der Waals surface area contributed by atoms with Gasteiger partial charge in [-0.2, -0.15) is 0 Å². The van der Waals surface area contributed by atoms with Crippen molar-refractivity contribution in [1.82, 2.24) is 4.57 Å². The van der Waals surface area contributed by atoms with Gasteiger partial charge in [0.15, 0.2) is 0 Å². The first-order valence-electron chi connectivity index (χ1n) is 29.8. The van der Waals surface area contributed by atoms with Gasteiger partial charge in [0.2, 0.25) is 0 Å². The fourth-order valence-electron chi connectivity index (χ4n) is 13.7. The van der Waals surface area contributed by atoms with Crippen molar-refractivity contribution in [2.24, 2.45) is 0 Å². The number of para-hydroxylation sites is 1. The number of fused-ring (bicyclic) bond motifs is 18. The average molecular weight is 1120 g/mol. The number of thiophene rings is 2. The van der Waals surface area contributed by atoms with Gasteiger partial charge < -0.3 is 18.7 Å². The average Bonchev–Trinajstić information content (AvgIpc) is 1.57. The summed E-state index contributed by atoms with van der Waals surface area (Å²) in [4.78, 5) is 5.18. The summed E-state index contributed by atoms with van der Waals surface area (Å²) >= 11 is 3.88. The summed E-state index contributed by atoms with van der Waals surface area (Å²) in [5, 5.41) is 8.60. The van der Waals surface area contributed by atoms with Crippen LogP contribution in [0.1, 0.15) is 132 Å². The number of aromatic nitrogens is 1. The van der Waals surface area contributed by atoms with E-state index in [1.165, 1.54) is 124 Å². The summed E-state index contributed by atoms with van der Waals surface area (Å²) < 4.78 is 15.3. The van der Waals surface area contributed by atoms with E-state index >= 15 is 0 Å². The molecule has 83 heavy (non-hydrogen) atoms. The van der Waals surface area contributed by atoms with Crippen molar-refractivity contribution >= 4 is 142 Å². The molecule has 2 aliphatic rings.